The van der Waals surface area contributed by atoms with Crippen LogP contribution < -0.4 is 9.47 Å². The zero-order valence-electron chi connectivity index (χ0n) is 21.2. The van der Waals surface area contributed by atoms with Gasteiger partial charge in [0.25, 0.3) is 0 Å². The number of rotatable bonds is 11. The van der Waals surface area contributed by atoms with Crippen molar-refractivity contribution >= 4 is 0 Å². The van der Waals surface area contributed by atoms with Crippen LogP contribution >= 0.6 is 0 Å². The number of benzene rings is 1. The summed E-state index contributed by atoms with van der Waals surface area (Å²) >= 11 is 0. The molecular weight excluding hydrogens is 513 g/mol. The first-order valence-corrected chi connectivity index (χ1v) is 11.4. The van der Waals surface area contributed by atoms with Crippen LogP contribution in [0.4, 0.5) is 30.7 Å². The highest BCUT2D eigenvalue weighted by molar-refractivity contribution is 5.47. The highest BCUT2D eigenvalue weighted by atomic mass is 19.4. The molecular formula is C25H31F7O5. The Hall–Kier alpha value is -2.47. The van der Waals surface area contributed by atoms with Crippen LogP contribution in [0.5, 0.6) is 11.5 Å². The van der Waals surface area contributed by atoms with Crippen molar-refractivity contribution in [3.63, 3.8) is 0 Å². The van der Waals surface area contributed by atoms with Gasteiger partial charge in [-0.2, -0.15) is 0 Å². The summed E-state index contributed by atoms with van der Waals surface area (Å²) in [6, 6.07) is 2.32. The number of allylic oxidation sites excluding steroid dienone is 3. The van der Waals surface area contributed by atoms with Gasteiger partial charge < -0.3 is 14.2 Å². The van der Waals surface area contributed by atoms with Crippen molar-refractivity contribution < 1.29 is 54.4 Å². The lowest BCUT2D eigenvalue weighted by molar-refractivity contribution is -0.330. The fourth-order valence-electron chi connectivity index (χ4n) is 3.53. The Bertz CT molecular complexity index is 921. The molecule has 5 nitrogen and oxygen atoms in total. The minimum Gasteiger partial charge on any atom is -0.497 e. The predicted octanol–water partition coefficient (Wildman–Crippen LogP) is 7.40. The van der Waals surface area contributed by atoms with Gasteiger partial charge in [-0.1, -0.05) is 26.8 Å². The van der Waals surface area contributed by atoms with E-state index >= 15 is 4.39 Å². The summed E-state index contributed by atoms with van der Waals surface area (Å²) < 4.78 is 115. The fraction of sp³-hybridized carbons (Fsp3) is 0.600. The highest BCUT2D eigenvalue weighted by Gasteiger charge is 2.43. The zero-order chi connectivity index (χ0) is 28.1. The van der Waals surface area contributed by atoms with Crippen LogP contribution in [-0.4, -0.2) is 38.7 Å². The summed E-state index contributed by atoms with van der Waals surface area (Å²) in [4.78, 5) is 0. The fourth-order valence-corrected chi connectivity index (χ4v) is 3.53. The molecule has 2 atom stereocenters. The quantitative estimate of drug-likeness (QED) is 0.215. The molecule has 1 aliphatic carbocycles. The second-order valence-electron chi connectivity index (χ2n) is 9.57. The van der Waals surface area contributed by atoms with E-state index in [0.29, 0.717) is 12.2 Å². The monoisotopic (exact) mass is 544 g/mol. The Balaban J connectivity index is 2.10. The smallest absolute Gasteiger partial charge is 0.497 e. The summed E-state index contributed by atoms with van der Waals surface area (Å²) in [5.74, 6) is -0.194. The SMILES string of the molecule is COc1cc(COC(F)(F)F)c(OCCOC2=CCC(C(C)(F)C(C)(C)C)C=C2)c(COC(F)(F)F)c1. The maximum Gasteiger partial charge on any atom is 0.522 e. The van der Waals surface area contributed by atoms with Crippen LogP contribution in [-0.2, 0) is 27.4 Å². The minimum absolute atomic E-state index is 0.00711. The lowest BCUT2D eigenvalue weighted by Gasteiger charge is -2.40. The average Bonchev–Trinajstić information content (AvgIpc) is 2.78. The first-order chi connectivity index (χ1) is 16.9. The van der Waals surface area contributed by atoms with Crippen molar-refractivity contribution in [1.82, 2.24) is 0 Å². The van der Waals surface area contributed by atoms with Crippen LogP contribution in [0.15, 0.2) is 36.1 Å². The molecule has 2 unspecified atom stereocenters. The summed E-state index contributed by atoms with van der Waals surface area (Å²) in [6.07, 6.45) is -4.51. The van der Waals surface area contributed by atoms with Crippen LogP contribution in [0.2, 0.25) is 0 Å². The Morgan fingerprint density at radius 1 is 0.811 bits per heavy atom. The molecule has 210 valence electrons. The molecule has 1 aliphatic rings. The molecule has 1 aromatic rings. The van der Waals surface area contributed by atoms with E-state index in [1.807, 2.05) is 20.8 Å². The standard InChI is InChI=1S/C25H31F7O5/c1-22(2,3)23(4,26)18-6-8-19(9-7-18)34-10-11-35-21-16(14-36-24(27,28)29)12-20(33-5)13-17(21)15-37-25(30,31)32/h6,8-9,12-13,18H,7,10-11,14-15H2,1-5H3. The third kappa shape index (κ3) is 9.41. The minimum atomic E-state index is -4.98. The maximum absolute atomic E-state index is 15.2. The van der Waals surface area contributed by atoms with E-state index in [0.717, 1.165) is 12.1 Å². The maximum atomic E-state index is 15.2. The predicted molar refractivity (Wildman–Crippen MR) is 120 cm³/mol. The molecule has 0 spiro atoms. The van der Waals surface area contributed by atoms with Crippen LogP contribution in [0.3, 0.4) is 0 Å². The van der Waals surface area contributed by atoms with Crippen molar-refractivity contribution in [1.29, 1.82) is 0 Å². The van der Waals surface area contributed by atoms with Crippen LogP contribution in [0, 0.1) is 11.3 Å². The normalized spacial score (nSPS) is 18.3. The summed E-state index contributed by atoms with van der Waals surface area (Å²) in [6.45, 7) is 4.63. The largest absolute Gasteiger partial charge is 0.522 e. The van der Waals surface area contributed by atoms with Gasteiger partial charge in [-0.25, -0.2) is 4.39 Å². The first kappa shape index (κ1) is 30.8. The molecule has 0 amide bonds. The average molecular weight is 545 g/mol. The van der Waals surface area contributed by atoms with Crippen LogP contribution in [0.25, 0.3) is 0 Å². The van der Waals surface area contributed by atoms with Gasteiger partial charge >= 0.3 is 12.7 Å². The van der Waals surface area contributed by atoms with Gasteiger partial charge in [0.05, 0.1) is 20.3 Å². The van der Waals surface area contributed by atoms with Crippen LogP contribution in [0.1, 0.15) is 45.2 Å². The molecule has 0 heterocycles. The summed E-state index contributed by atoms with van der Waals surface area (Å²) in [5, 5.41) is 0. The Morgan fingerprint density at radius 2 is 1.32 bits per heavy atom. The summed E-state index contributed by atoms with van der Waals surface area (Å²) in [7, 11) is 1.20. The van der Waals surface area contributed by atoms with Crippen molar-refractivity contribution in [2.24, 2.45) is 11.3 Å². The number of methoxy groups -OCH3 is 1. The van der Waals surface area contributed by atoms with Crippen molar-refractivity contribution in [2.75, 3.05) is 20.3 Å². The van der Waals surface area contributed by atoms with E-state index in [2.05, 4.69) is 9.47 Å². The lowest BCUT2D eigenvalue weighted by Crippen LogP contribution is -2.42. The van der Waals surface area contributed by atoms with E-state index in [4.69, 9.17) is 14.2 Å². The van der Waals surface area contributed by atoms with Gasteiger partial charge in [0.1, 0.15) is 36.1 Å². The third-order valence-corrected chi connectivity index (χ3v) is 6.06. The third-order valence-electron chi connectivity index (χ3n) is 6.06. The van der Waals surface area contributed by atoms with Gasteiger partial charge in [-0.05, 0) is 43.0 Å². The second kappa shape index (κ2) is 11.9. The molecule has 1 aromatic carbocycles. The van der Waals surface area contributed by atoms with Gasteiger partial charge in [0.2, 0.25) is 0 Å². The molecule has 37 heavy (non-hydrogen) atoms. The van der Waals surface area contributed by atoms with Crippen molar-refractivity contribution in [3.05, 3.63) is 47.2 Å². The molecule has 0 radical (unpaired) electrons. The van der Waals surface area contributed by atoms with Gasteiger partial charge in [-0.3, -0.25) is 9.47 Å². The zero-order valence-corrected chi connectivity index (χ0v) is 21.2. The topological polar surface area (TPSA) is 46.2 Å². The van der Waals surface area contributed by atoms with Crippen molar-refractivity contribution in [2.45, 2.75) is 65.7 Å². The molecule has 12 heteroatoms. The number of hydrogen-bond acceptors (Lipinski definition) is 5. The number of alkyl halides is 7. The summed E-state index contributed by atoms with van der Waals surface area (Å²) in [5.41, 5.74) is -2.43. The second-order valence-corrected chi connectivity index (χ2v) is 9.57. The van der Waals surface area contributed by atoms with E-state index in [9.17, 15) is 26.3 Å². The van der Waals surface area contributed by atoms with Gasteiger partial charge in [0.15, 0.2) is 0 Å². The van der Waals surface area contributed by atoms with E-state index in [1.54, 1.807) is 25.2 Å². The van der Waals surface area contributed by atoms with E-state index in [-0.39, 0.29) is 41.8 Å². The Kier molecular flexibility index (Phi) is 9.92. The van der Waals surface area contributed by atoms with E-state index in [1.165, 1.54) is 7.11 Å². The number of hydrogen-bond donors (Lipinski definition) is 0. The molecule has 0 aliphatic heterocycles. The molecule has 0 saturated heterocycles. The number of ether oxygens (including phenoxy) is 5. The van der Waals surface area contributed by atoms with Gasteiger partial charge in [0, 0.05) is 17.0 Å². The van der Waals surface area contributed by atoms with E-state index < -0.39 is 37.0 Å². The molecule has 0 aromatic heterocycles. The highest BCUT2D eigenvalue weighted by Crippen LogP contribution is 2.43. The lowest BCUT2D eigenvalue weighted by atomic mass is 9.69. The molecule has 0 saturated carbocycles. The molecule has 0 bridgehead atoms. The van der Waals surface area contributed by atoms with Gasteiger partial charge in [-0.15, -0.1) is 26.3 Å². The van der Waals surface area contributed by atoms with Crippen molar-refractivity contribution in [3.8, 4) is 11.5 Å². The Labute approximate surface area is 211 Å². The molecule has 0 N–H and O–H groups in total. The Morgan fingerprint density at radius 3 is 1.73 bits per heavy atom. The number of halogens is 7. The molecule has 2 rings (SSSR count). The molecule has 0 fully saturated rings. The first-order valence-electron chi connectivity index (χ1n) is 11.4.